The Balaban J connectivity index is 1.54. The Morgan fingerprint density at radius 1 is 1.04 bits per heavy atom. The van der Waals surface area contributed by atoms with Gasteiger partial charge in [0.25, 0.3) is 5.22 Å². The van der Waals surface area contributed by atoms with Crippen LogP contribution in [0.4, 0.5) is 11.4 Å². The van der Waals surface area contributed by atoms with Crippen molar-refractivity contribution in [3.05, 3.63) is 54.1 Å². The minimum atomic E-state index is -0.228. The monoisotopic (exact) mass is 393 g/mol. The minimum absolute atomic E-state index is 0.100. The predicted molar refractivity (Wildman–Crippen MR) is 105 cm³/mol. The lowest BCUT2D eigenvalue weighted by Crippen LogP contribution is -2.13. The van der Waals surface area contributed by atoms with Crippen molar-refractivity contribution in [1.82, 2.24) is 10.2 Å². The van der Waals surface area contributed by atoms with Crippen molar-refractivity contribution in [3.63, 3.8) is 0 Å². The van der Waals surface area contributed by atoms with Crippen LogP contribution in [0, 0.1) is 11.3 Å². The van der Waals surface area contributed by atoms with Crippen LogP contribution in [0.1, 0.15) is 12.5 Å². The smallest absolute Gasteiger partial charge is 0.277 e. The molecular formula is C19H15N5O3S. The molecule has 2 aromatic carbocycles. The van der Waals surface area contributed by atoms with Gasteiger partial charge in [-0.3, -0.25) is 9.59 Å². The fraction of sp³-hybridized carbons (Fsp3) is 0.105. The van der Waals surface area contributed by atoms with Gasteiger partial charge in [0.1, 0.15) is 0 Å². The molecular weight excluding hydrogens is 378 g/mol. The number of nitriles is 1. The summed E-state index contributed by atoms with van der Waals surface area (Å²) in [5.74, 6) is 0.0466. The molecule has 0 saturated carbocycles. The fourth-order valence-electron chi connectivity index (χ4n) is 2.24. The number of anilines is 2. The second-order valence-electron chi connectivity index (χ2n) is 5.66. The molecule has 8 nitrogen and oxygen atoms in total. The molecule has 0 saturated heterocycles. The van der Waals surface area contributed by atoms with E-state index in [4.69, 9.17) is 9.68 Å². The van der Waals surface area contributed by atoms with Gasteiger partial charge in [0, 0.05) is 23.9 Å². The molecule has 1 heterocycles. The highest BCUT2D eigenvalue weighted by Crippen LogP contribution is 2.24. The maximum atomic E-state index is 12.0. The van der Waals surface area contributed by atoms with Crippen molar-refractivity contribution in [2.75, 3.05) is 16.4 Å². The number of rotatable bonds is 6. The summed E-state index contributed by atoms with van der Waals surface area (Å²) in [6.07, 6.45) is 0. The maximum Gasteiger partial charge on any atom is 0.277 e. The molecule has 0 unspecified atom stereocenters. The number of carbonyl (C=O) groups excluding carboxylic acids is 2. The average molecular weight is 393 g/mol. The Hall–Kier alpha value is -3.64. The van der Waals surface area contributed by atoms with Crippen LogP contribution in [0.2, 0.25) is 0 Å². The Morgan fingerprint density at radius 2 is 1.68 bits per heavy atom. The molecule has 3 aromatic rings. The van der Waals surface area contributed by atoms with Crippen LogP contribution in [-0.2, 0) is 9.59 Å². The first-order chi connectivity index (χ1) is 13.5. The van der Waals surface area contributed by atoms with Gasteiger partial charge in [-0.1, -0.05) is 11.8 Å². The number of amides is 2. The van der Waals surface area contributed by atoms with Crippen molar-refractivity contribution in [2.45, 2.75) is 12.1 Å². The number of hydrogen-bond acceptors (Lipinski definition) is 7. The Kier molecular flexibility index (Phi) is 6.04. The third-order valence-electron chi connectivity index (χ3n) is 3.48. The molecule has 0 aliphatic rings. The molecule has 28 heavy (non-hydrogen) atoms. The van der Waals surface area contributed by atoms with Gasteiger partial charge in [0.15, 0.2) is 0 Å². The van der Waals surface area contributed by atoms with Crippen LogP contribution < -0.4 is 10.6 Å². The van der Waals surface area contributed by atoms with E-state index in [1.165, 1.54) is 6.92 Å². The van der Waals surface area contributed by atoms with Crippen molar-refractivity contribution < 1.29 is 14.0 Å². The summed E-state index contributed by atoms with van der Waals surface area (Å²) >= 11 is 1.12. The summed E-state index contributed by atoms with van der Waals surface area (Å²) in [6, 6.07) is 15.6. The summed E-state index contributed by atoms with van der Waals surface area (Å²) < 4.78 is 5.56. The molecule has 3 rings (SSSR count). The van der Waals surface area contributed by atoms with E-state index in [1.807, 2.05) is 6.07 Å². The number of nitrogens with zero attached hydrogens (tertiary/aromatic N) is 3. The maximum absolute atomic E-state index is 12.0. The van der Waals surface area contributed by atoms with Crippen molar-refractivity contribution >= 4 is 35.0 Å². The second kappa shape index (κ2) is 8.83. The number of hydrogen-bond donors (Lipinski definition) is 2. The van der Waals surface area contributed by atoms with Crippen molar-refractivity contribution in [1.29, 1.82) is 5.26 Å². The lowest BCUT2D eigenvalue weighted by molar-refractivity contribution is -0.114. The lowest BCUT2D eigenvalue weighted by atomic mass is 10.2. The first kappa shape index (κ1) is 19.1. The Morgan fingerprint density at radius 3 is 2.32 bits per heavy atom. The van der Waals surface area contributed by atoms with E-state index < -0.39 is 0 Å². The highest BCUT2D eigenvalue weighted by molar-refractivity contribution is 7.99. The summed E-state index contributed by atoms with van der Waals surface area (Å²) in [7, 11) is 0. The SMILES string of the molecule is CC(=O)Nc1ccc(-c2nnc(SCC(=O)Nc3ccc(C#N)cc3)o2)cc1. The van der Waals surface area contributed by atoms with E-state index in [2.05, 4.69) is 20.8 Å². The minimum Gasteiger partial charge on any atom is -0.411 e. The van der Waals surface area contributed by atoms with Crippen molar-refractivity contribution in [3.8, 4) is 17.5 Å². The van der Waals surface area contributed by atoms with Gasteiger partial charge in [-0.25, -0.2) is 0 Å². The van der Waals surface area contributed by atoms with Crippen LogP contribution in [0.5, 0.6) is 0 Å². The van der Waals surface area contributed by atoms with Gasteiger partial charge < -0.3 is 15.1 Å². The molecule has 1 aromatic heterocycles. The van der Waals surface area contributed by atoms with Crippen LogP contribution >= 0.6 is 11.8 Å². The molecule has 9 heteroatoms. The van der Waals surface area contributed by atoms with Gasteiger partial charge >= 0.3 is 0 Å². The third kappa shape index (κ3) is 5.18. The van der Waals surface area contributed by atoms with E-state index in [0.717, 1.165) is 11.8 Å². The highest BCUT2D eigenvalue weighted by Gasteiger charge is 2.11. The van der Waals surface area contributed by atoms with Crippen LogP contribution in [0.15, 0.2) is 58.2 Å². The number of thioether (sulfide) groups is 1. The van der Waals surface area contributed by atoms with E-state index in [-0.39, 0.29) is 22.8 Å². The standard InChI is InChI=1S/C19H15N5O3S/c1-12(25)21-15-8-4-14(5-9-15)18-23-24-19(27-18)28-11-17(26)22-16-6-2-13(10-20)3-7-16/h2-9H,11H2,1H3,(H,21,25)(H,22,26). The molecule has 0 spiro atoms. The van der Waals surface area contributed by atoms with E-state index in [0.29, 0.717) is 28.4 Å². The lowest BCUT2D eigenvalue weighted by Gasteiger charge is -2.03. The summed E-state index contributed by atoms with van der Waals surface area (Å²) in [4.78, 5) is 23.1. The molecule has 2 N–H and O–H groups in total. The van der Waals surface area contributed by atoms with Gasteiger partial charge in [-0.2, -0.15) is 5.26 Å². The molecule has 0 aliphatic heterocycles. The number of benzene rings is 2. The van der Waals surface area contributed by atoms with Crippen LogP contribution in [-0.4, -0.2) is 27.8 Å². The average Bonchev–Trinajstić information content (AvgIpc) is 3.16. The Labute approximate surface area is 165 Å². The molecule has 2 amide bonds. The molecule has 0 fully saturated rings. The quantitative estimate of drug-likeness (QED) is 0.616. The zero-order valence-corrected chi connectivity index (χ0v) is 15.6. The van der Waals surface area contributed by atoms with E-state index >= 15 is 0 Å². The second-order valence-corrected chi connectivity index (χ2v) is 6.58. The normalized spacial score (nSPS) is 10.1. The van der Waals surface area contributed by atoms with Gasteiger partial charge in [0.05, 0.1) is 17.4 Å². The number of carbonyl (C=O) groups is 2. The summed E-state index contributed by atoms with van der Waals surface area (Å²) in [5, 5.41) is 22.4. The Bertz CT molecular complexity index is 1020. The van der Waals surface area contributed by atoms with Crippen LogP contribution in [0.25, 0.3) is 11.5 Å². The largest absolute Gasteiger partial charge is 0.411 e. The molecule has 0 atom stereocenters. The molecule has 0 radical (unpaired) electrons. The van der Waals surface area contributed by atoms with E-state index in [9.17, 15) is 9.59 Å². The van der Waals surface area contributed by atoms with Gasteiger partial charge in [-0.15, -0.1) is 10.2 Å². The summed E-state index contributed by atoms with van der Waals surface area (Å²) in [5.41, 5.74) is 2.51. The summed E-state index contributed by atoms with van der Waals surface area (Å²) in [6.45, 7) is 1.44. The molecule has 0 aliphatic carbocycles. The number of nitrogens with one attached hydrogen (secondary N) is 2. The van der Waals surface area contributed by atoms with Crippen LogP contribution in [0.3, 0.4) is 0 Å². The highest BCUT2D eigenvalue weighted by atomic mass is 32.2. The number of aromatic nitrogens is 2. The topological polar surface area (TPSA) is 121 Å². The first-order valence-electron chi connectivity index (χ1n) is 8.18. The van der Waals surface area contributed by atoms with Gasteiger partial charge in [-0.05, 0) is 48.5 Å². The molecule has 0 bridgehead atoms. The predicted octanol–water partition coefficient (Wildman–Crippen LogP) is 3.30. The zero-order valence-electron chi connectivity index (χ0n) is 14.8. The molecule has 140 valence electrons. The zero-order chi connectivity index (χ0) is 19.9. The van der Waals surface area contributed by atoms with E-state index in [1.54, 1.807) is 48.5 Å². The van der Waals surface area contributed by atoms with Gasteiger partial charge in [0.2, 0.25) is 17.7 Å². The fourth-order valence-corrected chi connectivity index (χ4v) is 2.80. The first-order valence-corrected chi connectivity index (χ1v) is 9.16. The van der Waals surface area contributed by atoms with Crippen molar-refractivity contribution in [2.24, 2.45) is 0 Å². The third-order valence-corrected chi connectivity index (χ3v) is 4.30.